The van der Waals surface area contributed by atoms with Gasteiger partial charge in [0.05, 0.1) is 5.75 Å². The van der Waals surface area contributed by atoms with Crippen molar-refractivity contribution in [1.82, 2.24) is 19.7 Å². The molecule has 0 bridgehead atoms. The van der Waals surface area contributed by atoms with E-state index < -0.39 is 0 Å². The van der Waals surface area contributed by atoms with E-state index in [0.29, 0.717) is 21.6 Å². The molecule has 7 heteroatoms. The van der Waals surface area contributed by atoms with Gasteiger partial charge in [0, 0.05) is 12.6 Å². The second-order valence-electron chi connectivity index (χ2n) is 4.46. The number of rotatable bonds is 4. The third-order valence-electron chi connectivity index (χ3n) is 3.03. The maximum Gasteiger partial charge on any atom is 0.292 e. The van der Waals surface area contributed by atoms with Crippen LogP contribution < -0.4 is 5.56 Å². The molecule has 2 heterocycles. The largest absolute Gasteiger partial charge is 0.293 e. The minimum absolute atomic E-state index is 0.0191. The average Bonchev–Trinajstić information content (AvgIpc) is 2.81. The van der Waals surface area contributed by atoms with Crippen LogP contribution in [0.5, 0.6) is 0 Å². The lowest BCUT2D eigenvalue weighted by molar-refractivity contribution is 0.102. The number of Topliss-reactive ketones (excluding diaryl/α,β-unsaturated/α-hetero) is 1. The minimum atomic E-state index is -0.205. The van der Waals surface area contributed by atoms with Crippen molar-refractivity contribution in [2.75, 3.05) is 5.75 Å². The van der Waals surface area contributed by atoms with Crippen LogP contribution in [0, 0.1) is 0 Å². The molecule has 0 aliphatic heterocycles. The molecule has 0 saturated carbocycles. The fourth-order valence-electron chi connectivity index (χ4n) is 1.96. The molecule has 0 amide bonds. The lowest BCUT2D eigenvalue weighted by Gasteiger charge is -2.01. The molecule has 0 aliphatic rings. The maximum atomic E-state index is 12.1. The standard InChI is InChI=1S/C14H12N4O2S/c1-18-14(20)12-11(17-18)13(16-8-15-12)21-7-10(19)9-5-3-2-4-6-9/h2-6,8,17H,7H2,1H3. The Kier molecular flexibility index (Phi) is 3.57. The van der Waals surface area contributed by atoms with Crippen molar-refractivity contribution in [3.63, 3.8) is 0 Å². The van der Waals surface area contributed by atoms with Crippen LogP contribution in [0.4, 0.5) is 0 Å². The molecule has 0 fully saturated rings. The number of nitrogens with one attached hydrogen (secondary N) is 1. The molecule has 0 unspecified atom stereocenters. The first-order valence-electron chi connectivity index (χ1n) is 6.27. The summed E-state index contributed by atoms with van der Waals surface area (Å²) in [6.07, 6.45) is 1.34. The van der Waals surface area contributed by atoms with Crippen LogP contribution in [0.1, 0.15) is 10.4 Å². The van der Waals surface area contributed by atoms with Gasteiger partial charge in [0.1, 0.15) is 16.9 Å². The first-order chi connectivity index (χ1) is 10.2. The Morgan fingerprint density at radius 2 is 2.05 bits per heavy atom. The van der Waals surface area contributed by atoms with E-state index in [-0.39, 0.29) is 17.1 Å². The number of aryl methyl sites for hydroxylation is 1. The Hall–Kier alpha value is -2.41. The number of ketones is 1. The Morgan fingerprint density at radius 3 is 2.81 bits per heavy atom. The number of aromatic amines is 1. The van der Waals surface area contributed by atoms with E-state index in [2.05, 4.69) is 15.1 Å². The molecule has 2 aromatic heterocycles. The molecule has 0 atom stereocenters. The summed E-state index contributed by atoms with van der Waals surface area (Å²) in [5, 5.41) is 3.50. The number of aromatic nitrogens is 4. The van der Waals surface area contributed by atoms with Gasteiger partial charge in [-0.1, -0.05) is 42.1 Å². The summed E-state index contributed by atoms with van der Waals surface area (Å²) in [7, 11) is 1.62. The first-order valence-corrected chi connectivity index (χ1v) is 7.26. The van der Waals surface area contributed by atoms with Gasteiger partial charge in [-0.15, -0.1) is 0 Å². The number of carbonyl (C=O) groups is 1. The summed E-state index contributed by atoms with van der Waals surface area (Å²) in [4.78, 5) is 32.0. The number of nitrogens with zero attached hydrogens (tertiary/aromatic N) is 3. The Balaban J connectivity index is 1.85. The molecule has 0 aliphatic carbocycles. The Labute approximate surface area is 124 Å². The molecule has 3 rings (SSSR count). The van der Waals surface area contributed by atoms with Gasteiger partial charge < -0.3 is 0 Å². The van der Waals surface area contributed by atoms with Gasteiger partial charge >= 0.3 is 0 Å². The fraction of sp³-hybridized carbons (Fsp3) is 0.143. The van der Waals surface area contributed by atoms with Crippen molar-refractivity contribution < 1.29 is 4.79 Å². The maximum absolute atomic E-state index is 12.1. The van der Waals surface area contributed by atoms with Crippen molar-refractivity contribution in [2.24, 2.45) is 7.05 Å². The smallest absolute Gasteiger partial charge is 0.292 e. The summed E-state index contributed by atoms with van der Waals surface area (Å²) in [6.45, 7) is 0. The molecule has 0 spiro atoms. The van der Waals surface area contributed by atoms with Crippen LogP contribution in [0.15, 0.2) is 46.5 Å². The van der Waals surface area contributed by atoms with E-state index in [1.807, 2.05) is 18.2 Å². The SMILES string of the molecule is Cn1[nH]c2c(SCC(=O)c3ccccc3)ncnc2c1=O. The monoisotopic (exact) mass is 300 g/mol. The summed E-state index contributed by atoms with van der Waals surface area (Å²) in [6, 6.07) is 9.09. The van der Waals surface area contributed by atoms with E-state index in [1.165, 1.54) is 22.8 Å². The van der Waals surface area contributed by atoms with E-state index in [9.17, 15) is 9.59 Å². The molecule has 3 aromatic rings. The van der Waals surface area contributed by atoms with Crippen LogP contribution in [0.25, 0.3) is 11.0 Å². The number of carbonyl (C=O) groups excluding carboxylic acids is 1. The van der Waals surface area contributed by atoms with E-state index in [1.54, 1.807) is 19.2 Å². The lowest BCUT2D eigenvalue weighted by Crippen LogP contribution is -2.11. The lowest BCUT2D eigenvalue weighted by atomic mass is 10.2. The molecule has 6 nitrogen and oxygen atoms in total. The summed E-state index contributed by atoms with van der Waals surface area (Å²) in [5.74, 6) is 0.276. The molecule has 21 heavy (non-hydrogen) atoms. The van der Waals surface area contributed by atoms with Crippen LogP contribution >= 0.6 is 11.8 Å². The van der Waals surface area contributed by atoms with E-state index >= 15 is 0 Å². The highest BCUT2D eigenvalue weighted by Crippen LogP contribution is 2.22. The van der Waals surface area contributed by atoms with Crippen molar-refractivity contribution in [3.05, 3.63) is 52.6 Å². The van der Waals surface area contributed by atoms with Crippen molar-refractivity contribution in [1.29, 1.82) is 0 Å². The average molecular weight is 300 g/mol. The number of fused-ring (bicyclic) bond motifs is 1. The second kappa shape index (κ2) is 5.53. The quantitative estimate of drug-likeness (QED) is 0.450. The normalized spacial score (nSPS) is 10.9. The van der Waals surface area contributed by atoms with Gasteiger partial charge in [0.25, 0.3) is 5.56 Å². The van der Waals surface area contributed by atoms with E-state index in [4.69, 9.17) is 0 Å². The highest BCUT2D eigenvalue weighted by atomic mass is 32.2. The molecule has 1 N–H and O–H groups in total. The molecule has 0 radical (unpaired) electrons. The van der Waals surface area contributed by atoms with Crippen LogP contribution in [-0.2, 0) is 7.05 Å². The third-order valence-corrected chi connectivity index (χ3v) is 4.02. The Bertz CT molecular complexity index is 854. The van der Waals surface area contributed by atoms with Gasteiger partial charge in [-0.2, -0.15) is 0 Å². The zero-order valence-corrected chi connectivity index (χ0v) is 12.1. The predicted molar refractivity (Wildman–Crippen MR) is 80.6 cm³/mol. The zero-order chi connectivity index (χ0) is 14.8. The Morgan fingerprint density at radius 1 is 1.29 bits per heavy atom. The molecule has 1 aromatic carbocycles. The summed E-state index contributed by atoms with van der Waals surface area (Å²) in [5.41, 5.74) is 1.36. The van der Waals surface area contributed by atoms with E-state index in [0.717, 1.165) is 0 Å². The van der Waals surface area contributed by atoms with Gasteiger partial charge in [0.15, 0.2) is 11.3 Å². The molecule has 106 valence electrons. The predicted octanol–water partition coefficient (Wildman–Crippen LogP) is 1.63. The minimum Gasteiger partial charge on any atom is -0.293 e. The molecular formula is C14H12N4O2S. The molecular weight excluding hydrogens is 288 g/mol. The van der Waals surface area contributed by atoms with Crippen LogP contribution in [0.2, 0.25) is 0 Å². The van der Waals surface area contributed by atoms with Crippen molar-refractivity contribution >= 4 is 28.6 Å². The van der Waals surface area contributed by atoms with Crippen molar-refractivity contribution in [2.45, 2.75) is 5.03 Å². The number of H-pyrrole nitrogens is 1. The zero-order valence-electron chi connectivity index (χ0n) is 11.2. The number of benzene rings is 1. The summed E-state index contributed by atoms with van der Waals surface area (Å²) >= 11 is 1.29. The highest BCUT2D eigenvalue weighted by molar-refractivity contribution is 8.00. The van der Waals surface area contributed by atoms with Gasteiger partial charge in [-0.25, -0.2) is 9.97 Å². The second-order valence-corrected chi connectivity index (χ2v) is 5.42. The van der Waals surface area contributed by atoms with Crippen LogP contribution in [-0.4, -0.2) is 31.3 Å². The number of hydrogen-bond acceptors (Lipinski definition) is 5. The van der Waals surface area contributed by atoms with Gasteiger partial charge in [-0.3, -0.25) is 19.4 Å². The van der Waals surface area contributed by atoms with Gasteiger partial charge in [0.2, 0.25) is 0 Å². The fourth-order valence-corrected chi connectivity index (χ4v) is 2.80. The van der Waals surface area contributed by atoms with Crippen LogP contribution in [0.3, 0.4) is 0 Å². The third kappa shape index (κ3) is 2.59. The summed E-state index contributed by atoms with van der Waals surface area (Å²) < 4.78 is 1.35. The van der Waals surface area contributed by atoms with Gasteiger partial charge in [-0.05, 0) is 0 Å². The molecule has 0 saturated heterocycles. The highest BCUT2D eigenvalue weighted by Gasteiger charge is 2.13. The first kappa shape index (κ1) is 13.6. The van der Waals surface area contributed by atoms with Crippen molar-refractivity contribution in [3.8, 4) is 0 Å². The number of hydrogen-bond donors (Lipinski definition) is 1. The topological polar surface area (TPSA) is 80.6 Å². The number of thioether (sulfide) groups is 1.